The first kappa shape index (κ1) is 10.2. The van der Waals surface area contributed by atoms with E-state index in [0.29, 0.717) is 6.54 Å². The first-order valence-corrected chi connectivity index (χ1v) is 5.64. The van der Waals surface area contributed by atoms with Gasteiger partial charge < -0.3 is 0 Å². The zero-order valence-electron chi connectivity index (χ0n) is 8.02. The molecule has 0 atom stereocenters. The largest absolute Gasteiger partial charge is 0.260 e. The van der Waals surface area contributed by atoms with Crippen LogP contribution < -0.4 is 0 Å². The molecule has 0 bridgehead atoms. The van der Waals surface area contributed by atoms with E-state index in [-0.39, 0.29) is 0 Å². The van der Waals surface area contributed by atoms with Crippen LogP contribution in [-0.2, 0) is 6.54 Å². The van der Waals surface area contributed by atoms with E-state index in [9.17, 15) is 0 Å². The molecule has 0 aliphatic heterocycles. The molecule has 0 saturated heterocycles. The van der Waals surface area contributed by atoms with Crippen LogP contribution >= 0.6 is 22.6 Å². The number of benzene rings is 1. The van der Waals surface area contributed by atoms with E-state index in [2.05, 4.69) is 39.5 Å². The summed E-state index contributed by atoms with van der Waals surface area (Å²) in [6, 6.07) is 9.96. The Hall–Kier alpha value is -1.28. The minimum absolute atomic E-state index is 0.637. The maximum atomic E-state index is 4.15. The normalized spacial score (nSPS) is 9.40. The average molecular weight is 308 g/mol. The van der Waals surface area contributed by atoms with E-state index in [0.717, 1.165) is 9.13 Å². The average Bonchev–Trinajstić information content (AvgIpc) is 2.66. The zero-order valence-corrected chi connectivity index (χ0v) is 10.2. The predicted octanol–water partition coefficient (Wildman–Crippen LogP) is 2.54. The zero-order chi connectivity index (χ0) is 10.5. The monoisotopic (exact) mass is 308 g/mol. The molecule has 0 unspecified atom stereocenters. The molecule has 0 aliphatic carbocycles. The van der Waals surface area contributed by atoms with E-state index in [1.54, 1.807) is 0 Å². The van der Waals surface area contributed by atoms with Gasteiger partial charge in [-0.3, -0.25) is 4.68 Å². The van der Waals surface area contributed by atoms with Crippen LogP contribution in [0.1, 0.15) is 5.56 Å². The van der Waals surface area contributed by atoms with Crippen molar-refractivity contribution in [3.05, 3.63) is 51.9 Å². The highest BCUT2D eigenvalue weighted by atomic mass is 127. The van der Waals surface area contributed by atoms with Gasteiger partial charge in [0.05, 0.1) is 9.77 Å². The summed E-state index contributed by atoms with van der Waals surface area (Å²) in [5.41, 5.74) is 1.04. The van der Waals surface area contributed by atoms with Crippen molar-refractivity contribution in [2.75, 3.05) is 0 Å². The minimum atomic E-state index is 0.637. The maximum Gasteiger partial charge on any atom is 0.102 e. The van der Waals surface area contributed by atoms with Gasteiger partial charge in [-0.05, 0) is 34.7 Å². The van der Waals surface area contributed by atoms with E-state index in [1.165, 1.54) is 0 Å². The molecule has 74 valence electrons. The molecule has 1 aromatic carbocycles. The fraction of sp³-hybridized carbons (Fsp3) is 0.0833. The fourth-order valence-corrected chi connectivity index (χ4v) is 1.61. The summed E-state index contributed by atoms with van der Waals surface area (Å²) in [4.78, 5) is 0. The van der Waals surface area contributed by atoms with Crippen LogP contribution in [0.5, 0.6) is 0 Å². The molecular weight excluding hydrogens is 299 g/mol. The Kier molecular flexibility index (Phi) is 3.41. The second kappa shape index (κ2) is 4.99. The molecule has 2 nitrogen and oxygen atoms in total. The van der Waals surface area contributed by atoms with Crippen LogP contribution in [-0.4, -0.2) is 9.78 Å². The number of aromatic nitrogens is 2. The Bertz CT molecular complexity index is 491. The highest BCUT2D eigenvalue weighted by Crippen LogP contribution is 2.00. The smallest absolute Gasteiger partial charge is 0.102 e. The van der Waals surface area contributed by atoms with E-state index >= 15 is 0 Å². The molecule has 2 aromatic rings. The Morgan fingerprint density at radius 3 is 2.73 bits per heavy atom. The molecular formula is C12H9IN2. The lowest BCUT2D eigenvalue weighted by molar-refractivity contribution is 0.715. The summed E-state index contributed by atoms with van der Waals surface area (Å²) in [5, 5.41) is 4.15. The third-order valence-corrected chi connectivity index (χ3v) is 2.41. The second-order valence-corrected chi connectivity index (χ2v) is 4.27. The van der Waals surface area contributed by atoms with Gasteiger partial charge in [0.2, 0.25) is 0 Å². The summed E-state index contributed by atoms with van der Waals surface area (Å²) in [5.74, 6) is 6.17. The van der Waals surface area contributed by atoms with Crippen molar-refractivity contribution in [3.63, 3.8) is 0 Å². The van der Waals surface area contributed by atoms with Gasteiger partial charge in [0, 0.05) is 11.8 Å². The lowest BCUT2D eigenvalue weighted by atomic mass is 10.2. The number of rotatable bonds is 1. The highest BCUT2D eigenvalue weighted by molar-refractivity contribution is 14.1. The SMILES string of the molecule is Ic1cnn(CC#Cc2ccccc2)c1. The van der Waals surface area contributed by atoms with Crippen molar-refractivity contribution in [2.24, 2.45) is 0 Å². The number of halogens is 1. The molecule has 1 heterocycles. The van der Waals surface area contributed by atoms with Crippen molar-refractivity contribution >= 4 is 22.6 Å². The van der Waals surface area contributed by atoms with Crippen molar-refractivity contribution in [3.8, 4) is 11.8 Å². The predicted molar refractivity (Wildman–Crippen MR) is 68.3 cm³/mol. The molecule has 15 heavy (non-hydrogen) atoms. The molecule has 0 fully saturated rings. The summed E-state index contributed by atoms with van der Waals surface area (Å²) in [7, 11) is 0. The lowest BCUT2D eigenvalue weighted by Gasteiger charge is -1.90. The summed E-state index contributed by atoms with van der Waals surface area (Å²) < 4.78 is 2.96. The van der Waals surface area contributed by atoms with Crippen molar-refractivity contribution < 1.29 is 0 Å². The van der Waals surface area contributed by atoms with E-state index < -0.39 is 0 Å². The van der Waals surface area contributed by atoms with E-state index in [1.807, 2.05) is 47.4 Å². The Balaban J connectivity index is 2.02. The highest BCUT2D eigenvalue weighted by Gasteiger charge is 1.90. The topological polar surface area (TPSA) is 17.8 Å². The van der Waals surface area contributed by atoms with Crippen LogP contribution in [0.25, 0.3) is 0 Å². The van der Waals surface area contributed by atoms with Crippen LogP contribution in [0.15, 0.2) is 42.7 Å². The van der Waals surface area contributed by atoms with Gasteiger partial charge in [0.1, 0.15) is 6.54 Å². The van der Waals surface area contributed by atoms with Gasteiger partial charge in [-0.1, -0.05) is 30.0 Å². The van der Waals surface area contributed by atoms with Crippen molar-refractivity contribution in [1.82, 2.24) is 9.78 Å². The number of hydrogen-bond acceptors (Lipinski definition) is 1. The van der Waals surface area contributed by atoms with Crippen LogP contribution in [0.3, 0.4) is 0 Å². The summed E-state index contributed by atoms with van der Waals surface area (Å²) >= 11 is 2.23. The van der Waals surface area contributed by atoms with Gasteiger partial charge in [0.25, 0.3) is 0 Å². The third kappa shape index (κ3) is 3.10. The Labute approximate surface area is 102 Å². The molecule has 0 aliphatic rings. The Morgan fingerprint density at radius 2 is 2.07 bits per heavy atom. The maximum absolute atomic E-state index is 4.15. The van der Waals surface area contributed by atoms with Crippen LogP contribution in [0.2, 0.25) is 0 Å². The first-order chi connectivity index (χ1) is 7.34. The molecule has 2 rings (SSSR count). The van der Waals surface area contributed by atoms with Crippen LogP contribution in [0.4, 0.5) is 0 Å². The van der Waals surface area contributed by atoms with Crippen LogP contribution in [0, 0.1) is 15.4 Å². The molecule has 3 heteroatoms. The minimum Gasteiger partial charge on any atom is -0.260 e. The summed E-state index contributed by atoms with van der Waals surface area (Å²) in [6.45, 7) is 0.637. The van der Waals surface area contributed by atoms with E-state index in [4.69, 9.17) is 0 Å². The lowest BCUT2D eigenvalue weighted by Crippen LogP contribution is -1.94. The first-order valence-electron chi connectivity index (χ1n) is 4.56. The quantitative estimate of drug-likeness (QED) is 0.585. The van der Waals surface area contributed by atoms with Gasteiger partial charge in [-0.15, -0.1) is 0 Å². The van der Waals surface area contributed by atoms with Crippen molar-refractivity contribution in [2.45, 2.75) is 6.54 Å². The molecule has 1 aromatic heterocycles. The van der Waals surface area contributed by atoms with Gasteiger partial charge in [-0.2, -0.15) is 5.10 Å². The Morgan fingerprint density at radius 1 is 1.27 bits per heavy atom. The standard InChI is InChI=1S/C12H9IN2/c13-12-9-14-15(10-12)8-4-7-11-5-2-1-3-6-11/h1-3,5-6,9-10H,8H2. The molecule has 0 N–H and O–H groups in total. The molecule has 0 saturated carbocycles. The van der Waals surface area contributed by atoms with Gasteiger partial charge in [-0.25, -0.2) is 0 Å². The molecule has 0 radical (unpaired) electrons. The molecule has 0 spiro atoms. The van der Waals surface area contributed by atoms with Gasteiger partial charge >= 0.3 is 0 Å². The third-order valence-electron chi connectivity index (χ3n) is 1.85. The number of nitrogens with zero attached hydrogens (tertiary/aromatic N) is 2. The second-order valence-electron chi connectivity index (χ2n) is 3.02. The molecule has 0 amide bonds. The summed E-state index contributed by atoms with van der Waals surface area (Å²) in [6.07, 6.45) is 3.80. The van der Waals surface area contributed by atoms with Gasteiger partial charge in [0.15, 0.2) is 0 Å². The van der Waals surface area contributed by atoms with Crippen molar-refractivity contribution in [1.29, 1.82) is 0 Å². The fourth-order valence-electron chi connectivity index (χ4n) is 1.17. The number of hydrogen-bond donors (Lipinski definition) is 0.